The van der Waals surface area contributed by atoms with Crippen LogP contribution in [-0.2, 0) is 6.54 Å². The summed E-state index contributed by atoms with van der Waals surface area (Å²) in [5.41, 5.74) is 2.41. The Labute approximate surface area is 123 Å². The quantitative estimate of drug-likeness (QED) is 0.584. The lowest BCUT2D eigenvalue weighted by Crippen LogP contribution is -2.21. The van der Waals surface area contributed by atoms with Crippen LogP contribution in [0.1, 0.15) is 24.9 Å². The molecule has 0 radical (unpaired) electrons. The highest BCUT2D eigenvalue weighted by Crippen LogP contribution is 2.16. The number of ether oxygens (including phenoxy) is 1. The molecule has 0 bridgehead atoms. The lowest BCUT2D eigenvalue weighted by molar-refractivity contribution is 0.292. The van der Waals surface area contributed by atoms with Gasteiger partial charge in [0, 0.05) is 7.05 Å². The number of hydrogen-bond acceptors (Lipinski definition) is 8. The van der Waals surface area contributed by atoms with Crippen molar-refractivity contribution in [3.8, 4) is 6.01 Å². The number of furan rings is 1. The zero-order chi connectivity index (χ0) is 15.2. The third-order valence-electron chi connectivity index (χ3n) is 2.70. The molecule has 0 aliphatic heterocycles. The van der Waals surface area contributed by atoms with Crippen LogP contribution in [0.4, 0.5) is 11.9 Å². The monoisotopic (exact) mass is 292 g/mol. The first-order valence-electron chi connectivity index (χ1n) is 6.74. The normalized spacial score (nSPS) is 10.5. The third kappa shape index (κ3) is 4.06. The number of nitrogens with zero attached hydrogens (tertiary/aromatic N) is 4. The van der Waals surface area contributed by atoms with Crippen molar-refractivity contribution in [3.05, 3.63) is 23.7 Å². The molecule has 8 heteroatoms. The molecule has 0 amide bonds. The number of aryl methyl sites for hydroxylation is 1. The van der Waals surface area contributed by atoms with Crippen LogP contribution in [0.2, 0.25) is 0 Å². The maximum Gasteiger partial charge on any atom is 0.323 e. The maximum atomic E-state index is 5.54. The fourth-order valence-electron chi connectivity index (χ4n) is 1.71. The van der Waals surface area contributed by atoms with Gasteiger partial charge in [0.15, 0.2) is 0 Å². The number of nitrogens with two attached hydrogens (primary N) is 1. The number of aromatic nitrogens is 3. The summed E-state index contributed by atoms with van der Waals surface area (Å²) < 4.78 is 11.0. The summed E-state index contributed by atoms with van der Waals surface area (Å²) in [5, 5.41) is 0. The van der Waals surface area contributed by atoms with Gasteiger partial charge in [0.1, 0.15) is 11.5 Å². The van der Waals surface area contributed by atoms with E-state index < -0.39 is 0 Å². The molecule has 0 atom stereocenters. The molecule has 0 spiro atoms. The zero-order valence-electron chi connectivity index (χ0n) is 12.5. The standard InChI is InChI=1S/C13H20N6O2/c1-4-7-20-13-16-11(18-14)15-12(17-13)19(3)8-10-6-5-9(2)21-10/h5-6H,4,7-8,14H2,1-3H3,(H,15,16,17,18). The van der Waals surface area contributed by atoms with E-state index in [0.717, 1.165) is 17.9 Å². The van der Waals surface area contributed by atoms with Crippen LogP contribution in [-0.4, -0.2) is 28.6 Å². The Morgan fingerprint density at radius 1 is 1.33 bits per heavy atom. The predicted octanol–water partition coefficient (Wildman–Crippen LogP) is 1.48. The van der Waals surface area contributed by atoms with Gasteiger partial charge in [-0.15, -0.1) is 0 Å². The minimum absolute atomic E-state index is 0.247. The highest BCUT2D eigenvalue weighted by atomic mass is 16.5. The lowest BCUT2D eigenvalue weighted by atomic mass is 10.4. The molecule has 2 rings (SSSR count). The first-order chi connectivity index (χ1) is 10.1. The molecule has 0 fully saturated rings. The highest BCUT2D eigenvalue weighted by Gasteiger charge is 2.12. The molecule has 0 aliphatic rings. The Balaban J connectivity index is 2.16. The van der Waals surface area contributed by atoms with Gasteiger partial charge in [-0.1, -0.05) is 6.92 Å². The largest absolute Gasteiger partial charge is 0.464 e. The maximum absolute atomic E-state index is 5.54. The molecule has 0 saturated carbocycles. The Morgan fingerprint density at radius 2 is 2.14 bits per heavy atom. The van der Waals surface area contributed by atoms with Gasteiger partial charge in [-0.05, 0) is 25.5 Å². The molecule has 2 aromatic rings. The smallest absolute Gasteiger partial charge is 0.323 e. The van der Waals surface area contributed by atoms with Crippen molar-refractivity contribution in [2.24, 2.45) is 5.84 Å². The number of rotatable bonds is 7. The summed E-state index contributed by atoms with van der Waals surface area (Å²) >= 11 is 0. The number of nitrogens with one attached hydrogen (secondary N) is 1. The van der Waals surface area contributed by atoms with Gasteiger partial charge < -0.3 is 14.1 Å². The predicted molar refractivity (Wildman–Crippen MR) is 79.0 cm³/mol. The van der Waals surface area contributed by atoms with Gasteiger partial charge in [-0.3, -0.25) is 5.43 Å². The Morgan fingerprint density at radius 3 is 2.76 bits per heavy atom. The molecule has 8 nitrogen and oxygen atoms in total. The van der Waals surface area contributed by atoms with Crippen LogP contribution in [0.3, 0.4) is 0 Å². The Bertz CT molecular complexity index is 586. The topological polar surface area (TPSA) is 102 Å². The molecule has 2 heterocycles. The average molecular weight is 292 g/mol. The van der Waals surface area contributed by atoms with Gasteiger partial charge in [-0.25, -0.2) is 5.84 Å². The van der Waals surface area contributed by atoms with E-state index in [1.165, 1.54) is 0 Å². The van der Waals surface area contributed by atoms with Crippen molar-refractivity contribution in [2.45, 2.75) is 26.8 Å². The first-order valence-corrected chi connectivity index (χ1v) is 6.74. The van der Waals surface area contributed by atoms with Crippen molar-refractivity contribution >= 4 is 11.9 Å². The SMILES string of the molecule is CCCOc1nc(NN)nc(N(C)Cc2ccc(C)o2)n1. The Hall–Kier alpha value is -2.35. The van der Waals surface area contributed by atoms with Crippen molar-refractivity contribution < 1.29 is 9.15 Å². The number of hydrogen-bond donors (Lipinski definition) is 2. The molecule has 0 saturated heterocycles. The van der Waals surface area contributed by atoms with E-state index in [1.54, 1.807) is 0 Å². The summed E-state index contributed by atoms with van der Waals surface area (Å²) in [6.07, 6.45) is 0.869. The van der Waals surface area contributed by atoms with Crippen molar-refractivity contribution in [2.75, 3.05) is 24.0 Å². The van der Waals surface area contributed by atoms with Gasteiger partial charge in [0.05, 0.1) is 13.2 Å². The van der Waals surface area contributed by atoms with Crippen LogP contribution in [0.15, 0.2) is 16.5 Å². The van der Waals surface area contributed by atoms with Crippen LogP contribution < -0.4 is 20.9 Å². The summed E-state index contributed by atoms with van der Waals surface area (Å²) in [6, 6.07) is 4.08. The van der Waals surface area contributed by atoms with Gasteiger partial charge in [-0.2, -0.15) is 15.0 Å². The minimum Gasteiger partial charge on any atom is -0.464 e. The molecule has 0 unspecified atom stereocenters. The number of nitrogen functional groups attached to an aromatic ring is 1. The van der Waals surface area contributed by atoms with Crippen LogP contribution in [0.5, 0.6) is 6.01 Å². The van der Waals surface area contributed by atoms with E-state index in [4.69, 9.17) is 15.0 Å². The van der Waals surface area contributed by atoms with E-state index in [2.05, 4.69) is 20.4 Å². The molecule has 0 aromatic carbocycles. The van der Waals surface area contributed by atoms with Gasteiger partial charge in [0.2, 0.25) is 11.9 Å². The third-order valence-corrected chi connectivity index (χ3v) is 2.70. The molecular weight excluding hydrogens is 272 g/mol. The average Bonchev–Trinajstić information content (AvgIpc) is 2.89. The first kappa shape index (κ1) is 15.0. The Kier molecular flexibility index (Phi) is 4.94. The molecule has 21 heavy (non-hydrogen) atoms. The zero-order valence-corrected chi connectivity index (χ0v) is 12.5. The second-order valence-electron chi connectivity index (χ2n) is 4.60. The second-order valence-corrected chi connectivity index (χ2v) is 4.60. The van der Waals surface area contributed by atoms with E-state index in [-0.39, 0.29) is 12.0 Å². The fraction of sp³-hybridized carbons (Fsp3) is 0.462. The van der Waals surface area contributed by atoms with Gasteiger partial charge >= 0.3 is 6.01 Å². The highest BCUT2D eigenvalue weighted by molar-refractivity contribution is 5.37. The summed E-state index contributed by atoms with van der Waals surface area (Å²) in [4.78, 5) is 14.4. The number of hydrazine groups is 1. The second kappa shape index (κ2) is 6.89. The summed E-state index contributed by atoms with van der Waals surface area (Å²) in [7, 11) is 1.86. The minimum atomic E-state index is 0.247. The fourth-order valence-corrected chi connectivity index (χ4v) is 1.71. The summed E-state index contributed by atoms with van der Waals surface area (Å²) in [6.45, 7) is 4.98. The molecule has 3 N–H and O–H groups in total. The summed E-state index contributed by atoms with van der Waals surface area (Å²) in [5.74, 6) is 7.79. The van der Waals surface area contributed by atoms with Crippen LogP contribution in [0, 0.1) is 6.92 Å². The van der Waals surface area contributed by atoms with E-state index in [0.29, 0.717) is 19.1 Å². The number of anilines is 2. The van der Waals surface area contributed by atoms with E-state index in [1.807, 2.05) is 37.9 Å². The van der Waals surface area contributed by atoms with E-state index in [9.17, 15) is 0 Å². The van der Waals surface area contributed by atoms with Crippen molar-refractivity contribution in [1.82, 2.24) is 15.0 Å². The molecular formula is C13H20N6O2. The van der Waals surface area contributed by atoms with Crippen LogP contribution >= 0.6 is 0 Å². The van der Waals surface area contributed by atoms with Gasteiger partial charge in [0.25, 0.3) is 0 Å². The van der Waals surface area contributed by atoms with Crippen molar-refractivity contribution in [1.29, 1.82) is 0 Å². The van der Waals surface area contributed by atoms with Crippen molar-refractivity contribution in [3.63, 3.8) is 0 Å². The lowest BCUT2D eigenvalue weighted by Gasteiger charge is -2.16. The van der Waals surface area contributed by atoms with E-state index >= 15 is 0 Å². The molecule has 0 aliphatic carbocycles. The van der Waals surface area contributed by atoms with Crippen LogP contribution in [0.25, 0.3) is 0 Å². The molecule has 2 aromatic heterocycles. The molecule has 114 valence electrons.